The van der Waals surface area contributed by atoms with Crippen LogP contribution in [0.2, 0.25) is 0 Å². The standard InChI is InChI=1S/C53H36/c1-35-43-15-5-7-17-45(43)52(46-18-8-6-16-44(35)46)41-31-29-40-34-42(32-30-39(40)33-41)53-49-21-11-9-19-47(49)51(48-20-10-12-22-50(48)53)38-27-25-37(26-28-38)24-23-36-13-3-2-4-14-36/h2-34H,1H3/b24-23+. The van der Waals surface area contributed by atoms with Gasteiger partial charge in [-0.2, -0.15) is 0 Å². The Morgan fingerprint density at radius 1 is 0.283 bits per heavy atom. The van der Waals surface area contributed by atoms with Crippen LogP contribution in [0, 0.1) is 6.92 Å². The molecule has 0 bridgehead atoms. The molecule has 10 rings (SSSR count). The van der Waals surface area contributed by atoms with Crippen molar-refractivity contribution in [1.82, 2.24) is 0 Å². The molecule has 248 valence electrons. The summed E-state index contributed by atoms with van der Waals surface area (Å²) in [6.45, 7) is 2.25. The molecule has 53 heavy (non-hydrogen) atoms. The highest BCUT2D eigenvalue weighted by Crippen LogP contribution is 2.45. The molecule has 0 aliphatic heterocycles. The summed E-state index contributed by atoms with van der Waals surface area (Å²) in [5.41, 5.74) is 11.3. The smallest absolute Gasteiger partial charge is 0.00262 e. The van der Waals surface area contributed by atoms with Crippen LogP contribution in [0.5, 0.6) is 0 Å². The second kappa shape index (κ2) is 12.8. The van der Waals surface area contributed by atoms with Crippen LogP contribution >= 0.6 is 0 Å². The Kier molecular flexibility index (Phi) is 7.48. The Hall–Kier alpha value is -6.76. The van der Waals surface area contributed by atoms with E-state index >= 15 is 0 Å². The maximum atomic E-state index is 2.38. The van der Waals surface area contributed by atoms with Crippen LogP contribution in [0.3, 0.4) is 0 Å². The molecule has 0 unspecified atom stereocenters. The van der Waals surface area contributed by atoms with Crippen molar-refractivity contribution in [2.45, 2.75) is 6.92 Å². The second-order valence-corrected chi connectivity index (χ2v) is 14.1. The molecule has 0 amide bonds. The summed E-state index contributed by atoms with van der Waals surface area (Å²) >= 11 is 0. The molecular formula is C53H36. The maximum Gasteiger partial charge on any atom is -0.00262 e. The van der Waals surface area contributed by atoms with Gasteiger partial charge in [-0.15, -0.1) is 0 Å². The largest absolute Gasteiger partial charge is 0.0622 e. The Balaban J connectivity index is 1.10. The highest BCUT2D eigenvalue weighted by atomic mass is 14.2. The Morgan fingerprint density at radius 2 is 0.604 bits per heavy atom. The van der Waals surface area contributed by atoms with E-state index in [1.807, 2.05) is 0 Å². The first-order valence-corrected chi connectivity index (χ1v) is 18.4. The van der Waals surface area contributed by atoms with Crippen molar-refractivity contribution < 1.29 is 0 Å². The van der Waals surface area contributed by atoms with Crippen molar-refractivity contribution in [1.29, 1.82) is 0 Å². The van der Waals surface area contributed by atoms with Gasteiger partial charge in [-0.05, 0) is 123 Å². The monoisotopic (exact) mass is 672 g/mol. The molecule has 0 aromatic heterocycles. The van der Waals surface area contributed by atoms with Crippen LogP contribution in [0.4, 0.5) is 0 Å². The summed E-state index contributed by atoms with van der Waals surface area (Å²) < 4.78 is 0. The maximum absolute atomic E-state index is 2.38. The summed E-state index contributed by atoms with van der Waals surface area (Å²) in [5.74, 6) is 0. The Labute approximate surface area is 309 Å². The summed E-state index contributed by atoms with van der Waals surface area (Å²) in [6, 6.07) is 69.0. The number of hydrogen-bond acceptors (Lipinski definition) is 0. The highest BCUT2D eigenvalue weighted by molar-refractivity contribution is 6.22. The zero-order valence-electron chi connectivity index (χ0n) is 29.6. The molecule has 10 aromatic carbocycles. The Morgan fingerprint density at radius 3 is 1.04 bits per heavy atom. The van der Waals surface area contributed by atoms with E-state index in [-0.39, 0.29) is 0 Å². The van der Waals surface area contributed by atoms with Gasteiger partial charge in [0.05, 0.1) is 0 Å². The minimum Gasteiger partial charge on any atom is -0.0622 e. The van der Waals surface area contributed by atoms with Crippen molar-refractivity contribution >= 4 is 66.0 Å². The van der Waals surface area contributed by atoms with E-state index < -0.39 is 0 Å². The van der Waals surface area contributed by atoms with Gasteiger partial charge in [0, 0.05) is 0 Å². The van der Waals surface area contributed by atoms with Crippen molar-refractivity contribution in [2.24, 2.45) is 0 Å². The topological polar surface area (TPSA) is 0 Å². The number of hydrogen-bond donors (Lipinski definition) is 0. The molecule has 0 fully saturated rings. The summed E-state index contributed by atoms with van der Waals surface area (Å²) in [6.07, 6.45) is 4.36. The normalized spacial score (nSPS) is 11.8. The van der Waals surface area contributed by atoms with Crippen LogP contribution in [-0.2, 0) is 0 Å². The number of rotatable bonds is 5. The first-order valence-electron chi connectivity index (χ1n) is 18.4. The van der Waals surface area contributed by atoms with E-state index in [0.29, 0.717) is 0 Å². The lowest BCUT2D eigenvalue weighted by Crippen LogP contribution is -1.91. The van der Waals surface area contributed by atoms with Crippen molar-refractivity contribution in [2.75, 3.05) is 0 Å². The minimum atomic E-state index is 1.19. The predicted octanol–water partition coefficient (Wildman–Crippen LogP) is 14.9. The minimum absolute atomic E-state index is 1.19. The fraction of sp³-hybridized carbons (Fsp3) is 0.0189. The molecule has 0 atom stereocenters. The third-order valence-corrected chi connectivity index (χ3v) is 11.0. The Bertz CT molecular complexity index is 2920. The predicted molar refractivity (Wildman–Crippen MR) is 230 cm³/mol. The van der Waals surface area contributed by atoms with Gasteiger partial charge in [0.15, 0.2) is 0 Å². The molecule has 10 aromatic rings. The van der Waals surface area contributed by atoms with Gasteiger partial charge in [0.25, 0.3) is 0 Å². The SMILES string of the molecule is Cc1c2ccccc2c(-c2ccc3cc(-c4c5ccccc5c(-c5ccc(/C=C/c6ccccc6)cc5)c5ccccc45)ccc3c2)c2ccccc12. The molecule has 0 saturated carbocycles. The lowest BCUT2D eigenvalue weighted by molar-refractivity contribution is 1.58. The lowest BCUT2D eigenvalue weighted by Gasteiger charge is -2.18. The number of benzene rings is 10. The van der Waals surface area contributed by atoms with Crippen molar-refractivity contribution in [3.8, 4) is 33.4 Å². The highest BCUT2D eigenvalue weighted by Gasteiger charge is 2.18. The molecule has 0 radical (unpaired) electrons. The molecule has 0 spiro atoms. The van der Waals surface area contributed by atoms with Gasteiger partial charge in [-0.25, -0.2) is 0 Å². The van der Waals surface area contributed by atoms with Gasteiger partial charge < -0.3 is 0 Å². The summed E-state index contributed by atoms with van der Waals surface area (Å²) in [5, 5.41) is 12.8. The molecule has 0 aliphatic carbocycles. The summed E-state index contributed by atoms with van der Waals surface area (Å²) in [4.78, 5) is 0. The van der Waals surface area contributed by atoms with E-state index in [4.69, 9.17) is 0 Å². The van der Waals surface area contributed by atoms with E-state index in [0.717, 1.165) is 0 Å². The van der Waals surface area contributed by atoms with Gasteiger partial charge in [0.1, 0.15) is 0 Å². The van der Waals surface area contributed by atoms with E-state index in [1.54, 1.807) is 0 Å². The van der Waals surface area contributed by atoms with E-state index in [9.17, 15) is 0 Å². The average molecular weight is 673 g/mol. The first kappa shape index (κ1) is 31.0. The zero-order chi connectivity index (χ0) is 35.3. The summed E-state index contributed by atoms with van der Waals surface area (Å²) in [7, 11) is 0. The van der Waals surface area contributed by atoms with Crippen LogP contribution in [0.25, 0.3) is 99.4 Å². The second-order valence-electron chi connectivity index (χ2n) is 14.1. The van der Waals surface area contributed by atoms with Crippen LogP contribution in [-0.4, -0.2) is 0 Å². The van der Waals surface area contributed by atoms with E-state index in [2.05, 4.69) is 207 Å². The number of aryl methyl sites for hydroxylation is 1. The van der Waals surface area contributed by atoms with Gasteiger partial charge in [0.2, 0.25) is 0 Å². The van der Waals surface area contributed by atoms with Crippen molar-refractivity contribution in [3.05, 3.63) is 205 Å². The third kappa shape index (κ3) is 5.31. The van der Waals surface area contributed by atoms with Gasteiger partial charge >= 0.3 is 0 Å². The fourth-order valence-corrected chi connectivity index (χ4v) is 8.48. The molecule has 0 heterocycles. The average Bonchev–Trinajstić information content (AvgIpc) is 3.22. The number of fused-ring (bicyclic) bond motifs is 5. The fourth-order valence-electron chi connectivity index (χ4n) is 8.48. The third-order valence-electron chi connectivity index (χ3n) is 11.0. The molecule has 0 saturated heterocycles. The van der Waals surface area contributed by atoms with Crippen LogP contribution in [0.1, 0.15) is 16.7 Å². The molecule has 0 N–H and O–H groups in total. The lowest BCUT2D eigenvalue weighted by atomic mass is 9.85. The first-order chi connectivity index (χ1) is 26.2. The zero-order valence-corrected chi connectivity index (χ0v) is 29.6. The van der Waals surface area contributed by atoms with Crippen LogP contribution in [0.15, 0.2) is 188 Å². The van der Waals surface area contributed by atoms with Gasteiger partial charge in [-0.3, -0.25) is 0 Å². The molecule has 0 nitrogen and oxygen atoms in total. The van der Waals surface area contributed by atoms with Crippen LogP contribution < -0.4 is 0 Å². The molecular weight excluding hydrogens is 637 g/mol. The van der Waals surface area contributed by atoms with E-state index in [1.165, 1.54) is 104 Å². The molecule has 0 heteroatoms. The van der Waals surface area contributed by atoms with Crippen molar-refractivity contribution in [3.63, 3.8) is 0 Å². The van der Waals surface area contributed by atoms with Gasteiger partial charge in [-0.1, -0.05) is 188 Å². The molecule has 0 aliphatic rings. The quantitative estimate of drug-likeness (QED) is 0.126.